The van der Waals surface area contributed by atoms with Gasteiger partial charge in [0.15, 0.2) is 0 Å². The normalized spacial score (nSPS) is 16.4. The largest absolute Gasteiger partial charge is 0.466 e. The van der Waals surface area contributed by atoms with Crippen molar-refractivity contribution in [3.63, 3.8) is 0 Å². The Labute approximate surface area is 134 Å². The highest BCUT2D eigenvalue weighted by atomic mass is 16.6. The smallest absolute Gasteiger partial charge is 0.357 e. The molecule has 0 aliphatic heterocycles. The maximum absolute atomic E-state index is 12.4. The number of methoxy groups -OCH3 is 1. The lowest BCUT2D eigenvalue weighted by Gasteiger charge is -2.18. The quantitative estimate of drug-likeness (QED) is 0.792. The topological polar surface area (TPSA) is 70.4 Å². The van der Waals surface area contributed by atoms with Crippen LogP contribution in [0.4, 0.5) is 0 Å². The summed E-state index contributed by atoms with van der Waals surface area (Å²) in [6, 6.07) is 9.71. The minimum absolute atomic E-state index is 0.0745. The van der Waals surface area contributed by atoms with Gasteiger partial charge in [0, 0.05) is 12.8 Å². The molecule has 0 radical (unpaired) electrons. The molecule has 0 saturated heterocycles. The van der Waals surface area contributed by atoms with Crippen LogP contribution in [0.3, 0.4) is 0 Å². The first-order valence-corrected chi connectivity index (χ1v) is 7.46. The zero-order valence-electron chi connectivity index (χ0n) is 13.1. The molecule has 120 valence electrons. The second-order valence-electron chi connectivity index (χ2n) is 5.65. The number of carbonyl (C=O) groups is 2. The van der Waals surface area contributed by atoms with Crippen LogP contribution < -0.4 is 0 Å². The third-order valence-electron chi connectivity index (χ3n) is 4.12. The first kappa shape index (κ1) is 15.3. The Balaban J connectivity index is 1.81. The molecule has 1 atom stereocenters. The Morgan fingerprint density at radius 3 is 2.57 bits per heavy atom. The van der Waals surface area contributed by atoms with Crippen LogP contribution in [0.25, 0.3) is 0 Å². The van der Waals surface area contributed by atoms with E-state index in [0.29, 0.717) is 18.5 Å². The third-order valence-corrected chi connectivity index (χ3v) is 4.12. The maximum Gasteiger partial charge on any atom is 0.357 e. The lowest BCUT2D eigenvalue weighted by molar-refractivity contribution is -0.153. The molecular weight excluding hydrogens is 296 g/mol. The minimum atomic E-state index is -1.11. The van der Waals surface area contributed by atoms with E-state index < -0.39 is 17.5 Å². The first-order chi connectivity index (χ1) is 11.1. The number of aromatic nitrogens is 2. The van der Waals surface area contributed by atoms with Crippen molar-refractivity contribution in [1.29, 1.82) is 0 Å². The molecule has 1 aliphatic carbocycles. The summed E-state index contributed by atoms with van der Waals surface area (Å²) in [7, 11) is 1.29. The van der Waals surface area contributed by atoms with Crippen LogP contribution in [0.15, 0.2) is 42.9 Å². The van der Waals surface area contributed by atoms with Crippen molar-refractivity contribution >= 4 is 11.9 Å². The standard InChI is InChI=1S/C17H18N2O4/c1-12(13-6-4-3-5-7-13)19-11-18-10-14(19)15(20)23-17(8-9-17)16(21)22-2/h3-7,10-12H,8-9H2,1-2H3/t12-/m1/s1. The fourth-order valence-corrected chi connectivity index (χ4v) is 2.54. The Morgan fingerprint density at radius 2 is 1.96 bits per heavy atom. The van der Waals surface area contributed by atoms with Gasteiger partial charge >= 0.3 is 11.9 Å². The summed E-state index contributed by atoms with van der Waals surface area (Å²) in [5, 5.41) is 0. The fraction of sp³-hybridized carbons (Fsp3) is 0.353. The van der Waals surface area contributed by atoms with E-state index in [2.05, 4.69) is 4.98 Å². The summed E-state index contributed by atoms with van der Waals surface area (Å²) in [5.41, 5.74) is 0.252. The number of hydrogen-bond donors (Lipinski definition) is 0. The molecule has 23 heavy (non-hydrogen) atoms. The van der Waals surface area contributed by atoms with Crippen molar-refractivity contribution in [3.8, 4) is 0 Å². The van der Waals surface area contributed by atoms with Gasteiger partial charge in [-0.15, -0.1) is 0 Å². The lowest BCUT2D eigenvalue weighted by atomic mass is 10.1. The molecule has 0 spiro atoms. The van der Waals surface area contributed by atoms with Gasteiger partial charge in [-0.3, -0.25) is 0 Å². The molecule has 1 aliphatic rings. The molecule has 3 rings (SSSR count). The Kier molecular flexibility index (Phi) is 3.90. The number of rotatable bonds is 5. The van der Waals surface area contributed by atoms with E-state index in [9.17, 15) is 9.59 Å². The molecule has 2 aromatic rings. The monoisotopic (exact) mass is 314 g/mol. The molecule has 6 heteroatoms. The van der Waals surface area contributed by atoms with Gasteiger partial charge in [0.2, 0.25) is 5.60 Å². The highest BCUT2D eigenvalue weighted by molar-refractivity contribution is 5.92. The van der Waals surface area contributed by atoms with Crippen molar-refractivity contribution in [3.05, 3.63) is 54.1 Å². The van der Waals surface area contributed by atoms with E-state index in [1.807, 2.05) is 37.3 Å². The highest BCUT2D eigenvalue weighted by Gasteiger charge is 2.55. The van der Waals surface area contributed by atoms with E-state index in [-0.39, 0.29) is 6.04 Å². The Morgan fingerprint density at radius 1 is 1.26 bits per heavy atom. The molecule has 1 heterocycles. The van der Waals surface area contributed by atoms with E-state index >= 15 is 0 Å². The number of hydrogen-bond acceptors (Lipinski definition) is 5. The van der Waals surface area contributed by atoms with E-state index in [1.54, 1.807) is 10.9 Å². The molecular formula is C17H18N2O4. The maximum atomic E-state index is 12.4. The SMILES string of the molecule is COC(=O)C1(OC(=O)c2cncn2[C@H](C)c2ccccc2)CC1. The van der Waals surface area contributed by atoms with Crippen molar-refractivity contribution in [2.75, 3.05) is 7.11 Å². The van der Waals surface area contributed by atoms with Crippen molar-refractivity contribution in [2.45, 2.75) is 31.4 Å². The molecule has 1 saturated carbocycles. The van der Waals surface area contributed by atoms with Crippen molar-refractivity contribution in [1.82, 2.24) is 9.55 Å². The van der Waals surface area contributed by atoms with Gasteiger partial charge in [0.1, 0.15) is 5.69 Å². The summed E-state index contributed by atoms with van der Waals surface area (Å²) >= 11 is 0. The lowest BCUT2D eigenvalue weighted by Crippen LogP contribution is -2.31. The van der Waals surface area contributed by atoms with Crippen LogP contribution in [0.2, 0.25) is 0 Å². The van der Waals surface area contributed by atoms with Gasteiger partial charge in [0.05, 0.1) is 25.7 Å². The first-order valence-electron chi connectivity index (χ1n) is 7.46. The minimum Gasteiger partial charge on any atom is -0.466 e. The predicted octanol–water partition coefficient (Wildman–Crippen LogP) is 2.35. The van der Waals surface area contributed by atoms with Crippen LogP contribution in [0, 0.1) is 0 Å². The predicted molar refractivity (Wildman–Crippen MR) is 81.9 cm³/mol. The van der Waals surface area contributed by atoms with E-state index in [0.717, 1.165) is 5.56 Å². The second kappa shape index (κ2) is 5.87. The van der Waals surface area contributed by atoms with Crippen LogP contribution in [-0.2, 0) is 14.3 Å². The number of imidazole rings is 1. The zero-order chi connectivity index (χ0) is 16.4. The molecule has 0 bridgehead atoms. The summed E-state index contributed by atoms with van der Waals surface area (Å²) in [5.74, 6) is -1.07. The van der Waals surface area contributed by atoms with Crippen LogP contribution in [-0.4, -0.2) is 34.2 Å². The van der Waals surface area contributed by atoms with E-state index in [1.165, 1.54) is 13.3 Å². The molecule has 0 unspecified atom stereocenters. The Hall–Kier alpha value is -2.63. The molecule has 0 N–H and O–H groups in total. The molecule has 1 fully saturated rings. The van der Waals surface area contributed by atoms with E-state index in [4.69, 9.17) is 9.47 Å². The van der Waals surface area contributed by atoms with Gasteiger partial charge in [-0.05, 0) is 12.5 Å². The summed E-state index contributed by atoms with van der Waals surface area (Å²) in [6.07, 6.45) is 4.03. The fourth-order valence-electron chi connectivity index (χ4n) is 2.54. The Bertz CT molecular complexity index is 719. The summed E-state index contributed by atoms with van der Waals surface area (Å²) in [6.45, 7) is 1.97. The average molecular weight is 314 g/mol. The highest BCUT2D eigenvalue weighted by Crippen LogP contribution is 2.41. The molecule has 6 nitrogen and oxygen atoms in total. The van der Waals surface area contributed by atoms with Gasteiger partial charge in [-0.2, -0.15) is 0 Å². The number of benzene rings is 1. The number of ether oxygens (including phenoxy) is 2. The summed E-state index contributed by atoms with van der Waals surface area (Å²) < 4.78 is 11.8. The van der Waals surface area contributed by atoms with Crippen LogP contribution >= 0.6 is 0 Å². The van der Waals surface area contributed by atoms with Crippen LogP contribution in [0.1, 0.15) is 41.9 Å². The number of esters is 2. The number of nitrogens with zero attached hydrogens (tertiary/aromatic N) is 2. The summed E-state index contributed by atoms with van der Waals surface area (Å²) in [4.78, 5) is 28.2. The van der Waals surface area contributed by atoms with Gasteiger partial charge in [-0.25, -0.2) is 14.6 Å². The second-order valence-corrected chi connectivity index (χ2v) is 5.65. The average Bonchev–Trinajstić information content (AvgIpc) is 3.19. The number of carbonyl (C=O) groups excluding carboxylic acids is 2. The molecule has 0 amide bonds. The van der Waals surface area contributed by atoms with Crippen LogP contribution in [0.5, 0.6) is 0 Å². The van der Waals surface area contributed by atoms with Gasteiger partial charge in [0.25, 0.3) is 0 Å². The zero-order valence-corrected chi connectivity index (χ0v) is 13.1. The third kappa shape index (κ3) is 2.84. The van der Waals surface area contributed by atoms with Crippen molar-refractivity contribution < 1.29 is 19.1 Å². The molecule has 1 aromatic heterocycles. The van der Waals surface area contributed by atoms with Crippen molar-refractivity contribution in [2.24, 2.45) is 0 Å². The molecule has 1 aromatic carbocycles. The van der Waals surface area contributed by atoms with Gasteiger partial charge in [-0.1, -0.05) is 30.3 Å². The van der Waals surface area contributed by atoms with Gasteiger partial charge < -0.3 is 14.0 Å².